The summed E-state index contributed by atoms with van der Waals surface area (Å²) in [7, 11) is 0. The van der Waals surface area contributed by atoms with E-state index in [9.17, 15) is 22.8 Å². The largest absolute Gasteiger partial charge is 0.490 e. The van der Waals surface area contributed by atoms with Gasteiger partial charge in [0, 0.05) is 12.1 Å². The number of aromatic nitrogens is 1. The number of anilines is 2. The Morgan fingerprint density at radius 1 is 1.11 bits per heavy atom. The summed E-state index contributed by atoms with van der Waals surface area (Å²) in [5.74, 6) is -2.50. The van der Waals surface area contributed by atoms with Gasteiger partial charge in [-0.2, -0.15) is 13.2 Å². The van der Waals surface area contributed by atoms with Crippen molar-refractivity contribution >= 4 is 40.9 Å². The van der Waals surface area contributed by atoms with E-state index in [-0.39, 0.29) is 23.7 Å². The zero-order chi connectivity index (χ0) is 26.2. The number of nitrogens with zero attached hydrogens (tertiary/aromatic N) is 1. The molecule has 0 bridgehead atoms. The number of halogens is 4. The Balaban J connectivity index is 0.000000540. The Morgan fingerprint density at radius 3 is 2.26 bits per heavy atom. The van der Waals surface area contributed by atoms with Crippen molar-refractivity contribution in [1.29, 1.82) is 0 Å². The van der Waals surface area contributed by atoms with Gasteiger partial charge in [0.15, 0.2) is 0 Å². The van der Waals surface area contributed by atoms with Crippen LogP contribution in [0.4, 0.5) is 24.7 Å². The first-order valence-corrected chi connectivity index (χ1v) is 11.1. The molecule has 3 rings (SSSR count). The highest BCUT2D eigenvalue weighted by atomic mass is 35.5. The van der Waals surface area contributed by atoms with Gasteiger partial charge in [-0.15, -0.1) is 0 Å². The fourth-order valence-electron chi connectivity index (χ4n) is 3.17. The van der Waals surface area contributed by atoms with Crippen LogP contribution >= 0.6 is 11.6 Å². The third-order valence-electron chi connectivity index (χ3n) is 5.13. The van der Waals surface area contributed by atoms with Crippen molar-refractivity contribution in [3.63, 3.8) is 0 Å². The molecule has 0 atom stereocenters. The first kappa shape index (κ1) is 28.1. The minimum Gasteiger partial charge on any atom is -0.475 e. The number of benzene rings is 1. The number of nitrogens with one attached hydrogen (secondary N) is 3. The highest BCUT2D eigenvalue weighted by Gasteiger charge is 2.38. The average molecular weight is 515 g/mol. The monoisotopic (exact) mass is 514 g/mol. The molecule has 1 fully saturated rings. The summed E-state index contributed by atoms with van der Waals surface area (Å²) in [6.07, 6.45) is -2.01. The summed E-state index contributed by atoms with van der Waals surface area (Å²) in [6, 6.07) is 8.88. The number of pyridine rings is 1. The Kier molecular flexibility index (Phi) is 10.0. The van der Waals surface area contributed by atoms with Crippen LogP contribution in [0.25, 0.3) is 0 Å². The van der Waals surface area contributed by atoms with Crippen LogP contribution in [0.2, 0.25) is 5.02 Å². The van der Waals surface area contributed by atoms with E-state index in [2.05, 4.69) is 34.8 Å². The second-order valence-electron chi connectivity index (χ2n) is 8.09. The standard InChI is InChI=1S/C21H25ClN4O2.C2HF3O2/c1-13(2)15-3-5-18(25-20(27)14-7-9-23-10-8-14)17(11-15)21(28)26-19-6-4-16(22)12-24-19;3-2(4,5)1(6)7/h3-6,11-14,23H,7-10H2,1-2H3,(H,25,27)(H,24,26,28);(H,6,7). The fraction of sp³-hybridized carbons (Fsp3) is 0.391. The van der Waals surface area contributed by atoms with Gasteiger partial charge in [0.25, 0.3) is 5.91 Å². The molecule has 2 amide bonds. The summed E-state index contributed by atoms with van der Waals surface area (Å²) in [6.45, 7) is 5.79. The quantitative estimate of drug-likeness (QED) is 0.460. The lowest BCUT2D eigenvalue weighted by atomic mass is 9.96. The molecule has 190 valence electrons. The van der Waals surface area contributed by atoms with Gasteiger partial charge in [0.1, 0.15) is 5.82 Å². The zero-order valence-electron chi connectivity index (χ0n) is 19.1. The number of rotatable bonds is 5. The first-order chi connectivity index (χ1) is 16.4. The molecule has 1 aliphatic heterocycles. The van der Waals surface area contributed by atoms with Crippen molar-refractivity contribution in [2.24, 2.45) is 5.92 Å². The molecular weight excluding hydrogens is 489 g/mol. The number of alkyl halides is 3. The summed E-state index contributed by atoms with van der Waals surface area (Å²) in [5, 5.41) is 16.6. The van der Waals surface area contributed by atoms with E-state index in [0.29, 0.717) is 22.1 Å². The van der Waals surface area contributed by atoms with E-state index in [1.165, 1.54) is 6.20 Å². The maximum atomic E-state index is 12.9. The molecule has 0 spiro atoms. The van der Waals surface area contributed by atoms with Crippen molar-refractivity contribution in [1.82, 2.24) is 10.3 Å². The summed E-state index contributed by atoms with van der Waals surface area (Å²) in [4.78, 5) is 38.6. The second-order valence-corrected chi connectivity index (χ2v) is 8.53. The van der Waals surface area contributed by atoms with Gasteiger partial charge < -0.3 is 21.1 Å². The molecule has 1 aromatic heterocycles. The van der Waals surface area contributed by atoms with E-state index >= 15 is 0 Å². The minimum atomic E-state index is -5.08. The highest BCUT2D eigenvalue weighted by molar-refractivity contribution is 6.30. The lowest BCUT2D eigenvalue weighted by Crippen LogP contribution is -2.35. The maximum absolute atomic E-state index is 12.9. The van der Waals surface area contributed by atoms with Crippen LogP contribution in [0.3, 0.4) is 0 Å². The van der Waals surface area contributed by atoms with E-state index in [0.717, 1.165) is 31.5 Å². The molecule has 2 heterocycles. The van der Waals surface area contributed by atoms with E-state index in [4.69, 9.17) is 21.5 Å². The van der Waals surface area contributed by atoms with Crippen LogP contribution in [-0.4, -0.2) is 47.1 Å². The fourth-order valence-corrected chi connectivity index (χ4v) is 3.28. The van der Waals surface area contributed by atoms with Gasteiger partial charge >= 0.3 is 12.1 Å². The van der Waals surface area contributed by atoms with Crippen LogP contribution in [0.1, 0.15) is 48.5 Å². The number of hydrogen-bond donors (Lipinski definition) is 4. The van der Waals surface area contributed by atoms with Gasteiger partial charge in [0.2, 0.25) is 5.91 Å². The van der Waals surface area contributed by atoms with Crippen LogP contribution in [0.5, 0.6) is 0 Å². The van der Waals surface area contributed by atoms with Crippen LogP contribution in [0, 0.1) is 5.92 Å². The molecule has 8 nitrogen and oxygen atoms in total. The average Bonchev–Trinajstić information content (AvgIpc) is 2.81. The SMILES string of the molecule is CC(C)c1ccc(NC(=O)C2CCNCC2)c(C(=O)Nc2ccc(Cl)cn2)c1.O=C(O)C(F)(F)F. The Labute approximate surface area is 205 Å². The first-order valence-electron chi connectivity index (χ1n) is 10.8. The molecule has 1 aromatic carbocycles. The lowest BCUT2D eigenvalue weighted by Gasteiger charge is -2.22. The molecule has 0 unspecified atom stereocenters. The number of carboxylic acid groups (broad SMARTS) is 1. The van der Waals surface area contributed by atoms with Gasteiger partial charge in [-0.25, -0.2) is 9.78 Å². The van der Waals surface area contributed by atoms with Crippen molar-refractivity contribution in [2.75, 3.05) is 23.7 Å². The molecule has 0 saturated carbocycles. The molecule has 0 radical (unpaired) electrons. The number of carbonyl (C=O) groups excluding carboxylic acids is 2. The molecule has 4 N–H and O–H groups in total. The van der Waals surface area contributed by atoms with E-state index in [1.54, 1.807) is 18.2 Å². The number of carbonyl (C=O) groups is 3. The van der Waals surface area contributed by atoms with Crippen molar-refractivity contribution in [3.05, 3.63) is 52.7 Å². The summed E-state index contributed by atoms with van der Waals surface area (Å²) in [5.41, 5.74) is 1.96. The van der Waals surface area contributed by atoms with Crippen molar-refractivity contribution in [3.8, 4) is 0 Å². The summed E-state index contributed by atoms with van der Waals surface area (Å²) < 4.78 is 31.7. The summed E-state index contributed by atoms with van der Waals surface area (Å²) >= 11 is 5.85. The van der Waals surface area contributed by atoms with Crippen LogP contribution < -0.4 is 16.0 Å². The van der Waals surface area contributed by atoms with Crippen molar-refractivity contribution in [2.45, 2.75) is 38.8 Å². The predicted molar refractivity (Wildman–Crippen MR) is 126 cm³/mol. The van der Waals surface area contributed by atoms with E-state index < -0.39 is 12.1 Å². The number of hydrogen-bond acceptors (Lipinski definition) is 5. The number of piperidine rings is 1. The third-order valence-corrected chi connectivity index (χ3v) is 5.36. The van der Waals surface area contributed by atoms with E-state index in [1.807, 2.05) is 12.1 Å². The number of aliphatic carboxylic acids is 1. The molecule has 0 aliphatic carbocycles. The maximum Gasteiger partial charge on any atom is 0.490 e. The van der Waals surface area contributed by atoms with Gasteiger partial charge in [-0.3, -0.25) is 9.59 Å². The third kappa shape index (κ3) is 8.84. The van der Waals surface area contributed by atoms with Crippen LogP contribution in [0.15, 0.2) is 36.5 Å². The highest BCUT2D eigenvalue weighted by Crippen LogP contribution is 2.25. The van der Waals surface area contributed by atoms with Gasteiger partial charge in [-0.1, -0.05) is 31.5 Å². The molecule has 1 aliphatic rings. The van der Waals surface area contributed by atoms with Crippen LogP contribution in [-0.2, 0) is 9.59 Å². The Hall–Kier alpha value is -3.18. The molecule has 12 heteroatoms. The van der Waals surface area contributed by atoms with Gasteiger partial charge in [-0.05, 0) is 61.7 Å². The topological polar surface area (TPSA) is 120 Å². The Bertz CT molecular complexity index is 1040. The molecular formula is C23H26ClF3N4O4. The Morgan fingerprint density at radius 2 is 1.74 bits per heavy atom. The van der Waals surface area contributed by atoms with Crippen molar-refractivity contribution < 1.29 is 32.7 Å². The minimum absolute atomic E-state index is 0.0418. The lowest BCUT2D eigenvalue weighted by molar-refractivity contribution is -0.192. The predicted octanol–water partition coefficient (Wildman–Crippen LogP) is 4.68. The normalized spacial score (nSPS) is 14.0. The molecule has 1 saturated heterocycles. The number of amides is 2. The molecule has 2 aromatic rings. The zero-order valence-corrected chi connectivity index (χ0v) is 19.8. The smallest absolute Gasteiger partial charge is 0.475 e. The second kappa shape index (κ2) is 12.5. The molecule has 35 heavy (non-hydrogen) atoms. The number of carboxylic acids is 1. The van der Waals surface area contributed by atoms with Gasteiger partial charge in [0.05, 0.1) is 16.3 Å².